The molecular weight excluding hydrogens is 258 g/mol. The van der Waals surface area contributed by atoms with E-state index >= 15 is 0 Å². The van der Waals surface area contributed by atoms with Gasteiger partial charge in [-0.05, 0) is 19.8 Å². The highest BCUT2D eigenvalue weighted by Gasteiger charge is 2.20. The molecule has 0 aromatic carbocycles. The average Bonchev–Trinajstić information content (AvgIpc) is 2.48. The fourth-order valence-electron chi connectivity index (χ4n) is 1.10. The molecule has 0 aliphatic heterocycles. The zero-order chi connectivity index (χ0) is 11.6. The Morgan fingerprint density at radius 1 is 1.47 bits per heavy atom. The molecule has 1 rings (SSSR count). The van der Waals surface area contributed by atoms with E-state index in [2.05, 4.69) is 31.4 Å². The summed E-state index contributed by atoms with van der Waals surface area (Å²) in [5, 5.41) is 9.63. The predicted octanol–water partition coefficient (Wildman–Crippen LogP) is 2.38. The number of nitrogens with zero attached hydrogens (tertiary/aromatic N) is 1. The zero-order valence-corrected chi connectivity index (χ0v) is 11.0. The van der Waals surface area contributed by atoms with E-state index < -0.39 is 0 Å². The van der Waals surface area contributed by atoms with Gasteiger partial charge in [0.05, 0.1) is 4.83 Å². The van der Waals surface area contributed by atoms with Gasteiger partial charge in [0, 0.05) is 11.3 Å². The lowest BCUT2D eigenvalue weighted by Crippen LogP contribution is -2.27. The maximum absolute atomic E-state index is 11.7. The number of carbonyl (C=O) groups is 1. The van der Waals surface area contributed by atoms with Gasteiger partial charge in [0.1, 0.15) is 0 Å². The highest BCUT2D eigenvalue weighted by atomic mass is 79.9. The SMILES string of the molecule is Cc1[nH]nc(NC(=O)C(Br)C(C)C)c1C. The Morgan fingerprint density at radius 2 is 2.07 bits per heavy atom. The molecule has 0 aliphatic rings. The van der Waals surface area contributed by atoms with Gasteiger partial charge in [-0.2, -0.15) is 5.10 Å². The van der Waals surface area contributed by atoms with Gasteiger partial charge < -0.3 is 5.32 Å². The number of aromatic amines is 1. The normalized spacial score (nSPS) is 12.9. The number of anilines is 1. The van der Waals surface area contributed by atoms with E-state index in [0.717, 1.165) is 11.3 Å². The fraction of sp³-hybridized carbons (Fsp3) is 0.600. The van der Waals surface area contributed by atoms with Gasteiger partial charge in [0.15, 0.2) is 5.82 Å². The lowest BCUT2D eigenvalue weighted by Gasteiger charge is -2.12. The maximum atomic E-state index is 11.7. The van der Waals surface area contributed by atoms with E-state index in [4.69, 9.17) is 0 Å². The molecule has 2 N–H and O–H groups in total. The lowest BCUT2D eigenvalue weighted by atomic mass is 10.1. The molecule has 0 aliphatic carbocycles. The second kappa shape index (κ2) is 4.79. The third kappa shape index (κ3) is 2.81. The van der Waals surface area contributed by atoms with Crippen molar-refractivity contribution in [1.29, 1.82) is 0 Å². The first-order valence-corrected chi connectivity index (χ1v) is 5.81. The minimum atomic E-state index is -0.186. The van der Waals surface area contributed by atoms with Gasteiger partial charge >= 0.3 is 0 Å². The minimum Gasteiger partial charge on any atom is -0.308 e. The molecule has 1 unspecified atom stereocenters. The van der Waals surface area contributed by atoms with Crippen LogP contribution in [0.25, 0.3) is 0 Å². The number of nitrogens with one attached hydrogen (secondary N) is 2. The number of aromatic nitrogens is 2. The predicted molar refractivity (Wildman–Crippen MR) is 64.2 cm³/mol. The van der Waals surface area contributed by atoms with Crippen molar-refractivity contribution in [3.63, 3.8) is 0 Å². The summed E-state index contributed by atoms with van der Waals surface area (Å²) < 4.78 is 0. The van der Waals surface area contributed by atoms with Gasteiger partial charge in [-0.25, -0.2) is 0 Å². The smallest absolute Gasteiger partial charge is 0.239 e. The summed E-state index contributed by atoms with van der Waals surface area (Å²) in [5.74, 6) is 0.813. The molecule has 0 saturated heterocycles. The summed E-state index contributed by atoms with van der Waals surface area (Å²) in [6.45, 7) is 7.82. The Morgan fingerprint density at radius 3 is 2.47 bits per heavy atom. The first-order valence-electron chi connectivity index (χ1n) is 4.90. The van der Waals surface area contributed by atoms with E-state index in [1.807, 2.05) is 27.7 Å². The van der Waals surface area contributed by atoms with Crippen LogP contribution in [0.2, 0.25) is 0 Å². The van der Waals surface area contributed by atoms with Crippen LogP contribution in [0, 0.1) is 19.8 Å². The molecule has 84 valence electrons. The summed E-state index contributed by atoms with van der Waals surface area (Å²) in [7, 11) is 0. The molecule has 0 fully saturated rings. The molecule has 1 aromatic heterocycles. The number of rotatable bonds is 3. The molecule has 1 heterocycles. The quantitative estimate of drug-likeness (QED) is 0.831. The van der Waals surface area contributed by atoms with Gasteiger partial charge in [0.25, 0.3) is 0 Å². The Balaban J connectivity index is 2.71. The van der Waals surface area contributed by atoms with Crippen molar-refractivity contribution in [1.82, 2.24) is 10.2 Å². The van der Waals surface area contributed by atoms with E-state index in [1.165, 1.54) is 0 Å². The van der Waals surface area contributed by atoms with Gasteiger partial charge in [-0.15, -0.1) is 0 Å². The van der Waals surface area contributed by atoms with Crippen molar-refractivity contribution in [3.8, 4) is 0 Å². The number of amides is 1. The molecule has 15 heavy (non-hydrogen) atoms. The maximum Gasteiger partial charge on any atom is 0.239 e. The number of aryl methyl sites for hydroxylation is 1. The molecule has 0 spiro atoms. The van der Waals surface area contributed by atoms with Crippen LogP contribution < -0.4 is 5.32 Å². The van der Waals surface area contributed by atoms with Crippen molar-refractivity contribution < 1.29 is 4.79 Å². The first kappa shape index (κ1) is 12.2. The Labute approximate surface area is 98.0 Å². The molecule has 0 radical (unpaired) electrons. The number of alkyl halides is 1. The molecule has 0 saturated carbocycles. The van der Waals surface area contributed by atoms with Crippen molar-refractivity contribution in [3.05, 3.63) is 11.3 Å². The number of hydrogen-bond donors (Lipinski definition) is 2. The van der Waals surface area contributed by atoms with Crippen molar-refractivity contribution in [2.24, 2.45) is 5.92 Å². The van der Waals surface area contributed by atoms with Crippen LogP contribution in [0.3, 0.4) is 0 Å². The largest absolute Gasteiger partial charge is 0.308 e. The Kier molecular flexibility index (Phi) is 3.90. The number of carbonyl (C=O) groups excluding carboxylic acids is 1. The molecule has 5 heteroatoms. The van der Waals surface area contributed by atoms with E-state index in [0.29, 0.717) is 5.82 Å². The van der Waals surface area contributed by atoms with Crippen LogP contribution in [-0.2, 0) is 4.79 Å². The monoisotopic (exact) mass is 273 g/mol. The molecule has 1 aromatic rings. The molecular formula is C10H16BrN3O. The average molecular weight is 274 g/mol. The van der Waals surface area contributed by atoms with Gasteiger partial charge in [0.2, 0.25) is 5.91 Å². The summed E-state index contributed by atoms with van der Waals surface area (Å²) in [6, 6.07) is 0. The van der Waals surface area contributed by atoms with Crippen LogP contribution in [0.15, 0.2) is 0 Å². The zero-order valence-electron chi connectivity index (χ0n) is 9.39. The van der Waals surface area contributed by atoms with Crippen LogP contribution in [-0.4, -0.2) is 20.9 Å². The van der Waals surface area contributed by atoms with Crippen LogP contribution >= 0.6 is 15.9 Å². The lowest BCUT2D eigenvalue weighted by molar-refractivity contribution is -0.116. The van der Waals surface area contributed by atoms with Crippen molar-refractivity contribution in [2.45, 2.75) is 32.5 Å². The molecule has 4 nitrogen and oxygen atoms in total. The van der Waals surface area contributed by atoms with Crippen LogP contribution in [0.4, 0.5) is 5.82 Å². The summed E-state index contributed by atoms with van der Waals surface area (Å²) >= 11 is 3.35. The molecule has 1 atom stereocenters. The van der Waals surface area contributed by atoms with Crippen LogP contribution in [0.1, 0.15) is 25.1 Å². The fourth-order valence-corrected chi connectivity index (χ4v) is 1.21. The van der Waals surface area contributed by atoms with E-state index in [9.17, 15) is 4.79 Å². The minimum absolute atomic E-state index is 0.0559. The summed E-state index contributed by atoms with van der Waals surface area (Å²) in [5.41, 5.74) is 1.95. The molecule has 0 bridgehead atoms. The Hall–Kier alpha value is -0.840. The van der Waals surface area contributed by atoms with E-state index in [1.54, 1.807) is 0 Å². The standard InChI is InChI=1S/C10H16BrN3O/c1-5(2)8(11)10(15)12-9-6(3)7(4)13-14-9/h5,8H,1-4H3,(H2,12,13,14,15). The summed E-state index contributed by atoms with van der Waals surface area (Å²) in [4.78, 5) is 11.5. The first-order chi connectivity index (χ1) is 6.93. The highest BCUT2D eigenvalue weighted by Crippen LogP contribution is 2.17. The molecule has 1 amide bonds. The number of hydrogen-bond acceptors (Lipinski definition) is 2. The second-order valence-electron chi connectivity index (χ2n) is 3.96. The third-order valence-corrected chi connectivity index (χ3v) is 3.80. The van der Waals surface area contributed by atoms with Crippen molar-refractivity contribution >= 4 is 27.7 Å². The highest BCUT2D eigenvalue weighted by molar-refractivity contribution is 9.10. The topological polar surface area (TPSA) is 57.8 Å². The van der Waals surface area contributed by atoms with Gasteiger partial charge in [-0.1, -0.05) is 29.8 Å². The van der Waals surface area contributed by atoms with Crippen molar-refractivity contribution in [2.75, 3.05) is 5.32 Å². The van der Waals surface area contributed by atoms with Gasteiger partial charge in [-0.3, -0.25) is 9.89 Å². The van der Waals surface area contributed by atoms with E-state index in [-0.39, 0.29) is 16.7 Å². The number of halogens is 1. The third-order valence-electron chi connectivity index (χ3n) is 2.33. The van der Waals surface area contributed by atoms with Crippen LogP contribution in [0.5, 0.6) is 0 Å². The number of H-pyrrole nitrogens is 1. The summed E-state index contributed by atoms with van der Waals surface area (Å²) in [6.07, 6.45) is 0. The Bertz CT molecular complexity index is 360. The second-order valence-corrected chi connectivity index (χ2v) is 4.94.